The zero-order valence-electron chi connectivity index (χ0n) is 21.5. The van der Waals surface area contributed by atoms with E-state index in [1.807, 2.05) is 75.5 Å². The number of rotatable bonds is 7. The molecule has 0 amide bonds. The summed E-state index contributed by atoms with van der Waals surface area (Å²) >= 11 is 0. The van der Waals surface area contributed by atoms with Crippen molar-refractivity contribution in [2.45, 2.75) is 60.8 Å². The SMILES string of the molecule is C.C/C=C\CC(C)=O.CC.O=C(c1cccc2cc[nH]c12)C1CCN(CCc2ccc(F)cc2)CC1. The molecule has 0 atom stereocenters. The molecule has 0 spiro atoms. The molecule has 1 aliphatic rings. The lowest BCUT2D eigenvalue weighted by atomic mass is 9.88. The number of benzene rings is 2. The smallest absolute Gasteiger partial charge is 0.168 e. The number of hydrogen-bond donors (Lipinski definition) is 1. The van der Waals surface area contributed by atoms with Crippen molar-refractivity contribution in [1.29, 1.82) is 0 Å². The highest BCUT2D eigenvalue weighted by Crippen LogP contribution is 2.26. The van der Waals surface area contributed by atoms with E-state index in [4.69, 9.17) is 0 Å². The quantitative estimate of drug-likeness (QED) is 0.271. The monoisotopic (exact) mass is 494 g/mol. The topological polar surface area (TPSA) is 53.2 Å². The Morgan fingerprint density at radius 3 is 2.31 bits per heavy atom. The molecular formula is C31H43FN2O2. The fourth-order valence-corrected chi connectivity index (χ4v) is 4.15. The third kappa shape index (κ3) is 9.54. The molecule has 2 aromatic carbocycles. The van der Waals surface area contributed by atoms with Crippen molar-refractivity contribution < 1.29 is 14.0 Å². The Kier molecular flexibility index (Phi) is 14.3. The van der Waals surface area contributed by atoms with E-state index < -0.39 is 0 Å². The molecule has 3 aromatic rings. The minimum Gasteiger partial charge on any atom is -0.361 e. The Hall–Kier alpha value is -3.05. The molecule has 1 N–H and O–H groups in total. The second-order valence-corrected chi connectivity index (χ2v) is 8.58. The number of aromatic nitrogens is 1. The average Bonchev–Trinajstić information content (AvgIpc) is 3.38. The minimum atomic E-state index is -0.190. The first-order valence-electron chi connectivity index (χ1n) is 12.7. The summed E-state index contributed by atoms with van der Waals surface area (Å²) in [6.45, 7) is 10.3. The molecule has 36 heavy (non-hydrogen) atoms. The Labute approximate surface area is 216 Å². The molecule has 1 aliphatic heterocycles. The second kappa shape index (κ2) is 16.6. The van der Waals surface area contributed by atoms with Gasteiger partial charge in [0, 0.05) is 36.0 Å². The van der Waals surface area contributed by atoms with Crippen LogP contribution in [0.15, 0.2) is 66.9 Å². The summed E-state index contributed by atoms with van der Waals surface area (Å²) in [6.07, 6.45) is 8.92. The summed E-state index contributed by atoms with van der Waals surface area (Å²) in [5.74, 6) is 0.394. The van der Waals surface area contributed by atoms with Crippen LogP contribution in [-0.2, 0) is 11.2 Å². The highest BCUT2D eigenvalue weighted by atomic mass is 19.1. The number of hydrogen-bond acceptors (Lipinski definition) is 3. The number of carbonyl (C=O) groups excluding carboxylic acids is 2. The maximum atomic E-state index is 13.0. The largest absolute Gasteiger partial charge is 0.361 e. The number of nitrogens with zero attached hydrogens (tertiary/aromatic N) is 1. The summed E-state index contributed by atoms with van der Waals surface area (Å²) < 4.78 is 13.0. The van der Waals surface area contributed by atoms with E-state index in [9.17, 15) is 14.0 Å². The summed E-state index contributed by atoms with van der Waals surface area (Å²) in [5.41, 5.74) is 2.93. The fourth-order valence-electron chi connectivity index (χ4n) is 4.15. The van der Waals surface area contributed by atoms with Gasteiger partial charge in [-0.05, 0) is 76.0 Å². The van der Waals surface area contributed by atoms with Crippen LogP contribution < -0.4 is 0 Å². The highest BCUT2D eigenvalue weighted by molar-refractivity contribution is 6.07. The normalized spacial score (nSPS) is 13.8. The second-order valence-electron chi connectivity index (χ2n) is 8.58. The Bertz CT molecular complexity index is 1080. The van der Waals surface area contributed by atoms with Gasteiger partial charge in [0.2, 0.25) is 0 Å². The average molecular weight is 495 g/mol. The first kappa shape index (κ1) is 31.0. The highest BCUT2D eigenvalue weighted by Gasteiger charge is 2.26. The van der Waals surface area contributed by atoms with Crippen molar-refractivity contribution in [2.24, 2.45) is 5.92 Å². The van der Waals surface area contributed by atoms with Gasteiger partial charge in [0.15, 0.2) is 5.78 Å². The van der Waals surface area contributed by atoms with Crippen molar-refractivity contribution in [3.63, 3.8) is 0 Å². The Morgan fingerprint density at radius 2 is 1.72 bits per heavy atom. The van der Waals surface area contributed by atoms with Crippen LogP contribution in [0, 0.1) is 11.7 Å². The molecule has 196 valence electrons. The van der Waals surface area contributed by atoms with Crippen molar-refractivity contribution in [3.05, 3.63) is 83.8 Å². The van der Waals surface area contributed by atoms with Gasteiger partial charge in [0.25, 0.3) is 0 Å². The van der Waals surface area contributed by atoms with E-state index >= 15 is 0 Å². The van der Waals surface area contributed by atoms with Crippen LogP contribution in [0.3, 0.4) is 0 Å². The number of ketones is 2. The van der Waals surface area contributed by atoms with Crippen LogP contribution in [0.4, 0.5) is 4.39 Å². The number of aromatic amines is 1. The molecule has 0 bridgehead atoms. The number of halogens is 1. The molecule has 0 aliphatic carbocycles. The number of nitrogens with one attached hydrogen (secondary N) is 1. The van der Waals surface area contributed by atoms with Gasteiger partial charge in [-0.15, -0.1) is 0 Å². The van der Waals surface area contributed by atoms with Gasteiger partial charge < -0.3 is 9.88 Å². The van der Waals surface area contributed by atoms with Crippen LogP contribution in [0.2, 0.25) is 0 Å². The van der Waals surface area contributed by atoms with E-state index in [1.54, 1.807) is 6.92 Å². The predicted octanol–water partition coefficient (Wildman–Crippen LogP) is 7.65. The summed E-state index contributed by atoms with van der Waals surface area (Å²) in [6, 6.07) is 14.7. The molecule has 2 heterocycles. The molecule has 0 radical (unpaired) electrons. The number of fused-ring (bicyclic) bond motifs is 1. The molecule has 5 heteroatoms. The minimum absolute atomic E-state index is 0. The van der Waals surface area contributed by atoms with Gasteiger partial charge in [0.05, 0.1) is 5.52 Å². The standard InChI is InChI=1S/C22H23FN2O.C6H10O.C2H6.CH4/c23-19-6-4-16(5-7-19)9-13-25-14-10-18(11-15-25)22(26)20-3-1-2-17-8-12-24-21(17)20;1-3-4-5-6(2)7;1-2;/h1-8,12,18,24H,9-11,13-15H2;3-4H,5H2,1-2H3;1-2H3;1H4/b;4-3-;;. The van der Waals surface area contributed by atoms with Gasteiger partial charge in [-0.25, -0.2) is 4.39 Å². The van der Waals surface area contributed by atoms with E-state index in [0.29, 0.717) is 6.42 Å². The third-order valence-corrected chi connectivity index (χ3v) is 6.08. The molecular weight excluding hydrogens is 451 g/mol. The fraction of sp³-hybridized carbons (Fsp3) is 0.419. The van der Waals surface area contributed by atoms with Crippen LogP contribution in [0.5, 0.6) is 0 Å². The first-order chi connectivity index (χ1) is 17.0. The number of Topliss-reactive ketones (excluding diaryl/α,β-unsaturated/α-hetero) is 2. The molecule has 0 saturated carbocycles. The predicted molar refractivity (Wildman–Crippen MR) is 150 cm³/mol. The number of allylic oxidation sites excluding steroid dienone is 2. The number of carbonyl (C=O) groups is 2. The number of para-hydroxylation sites is 1. The van der Waals surface area contributed by atoms with Gasteiger partial charge >= 0.3 is 0 Å². The maximum absolute atomic E-state index is 13.0. The number of piperidine rings is 1. The lowest BCUT2D eigenvalue weighted by molar-refractivity contribution is -0.116. The zero-order valence-corrected chi connectivity index (χ0v) is 21.5. The lowest BCUT2D eigenvalue weighted by Gasteiger charge is -2.31. The molecule has 0 unspecified atom stereocenters. The van der Waals surface area contributed by atoms with Crippen LogP contribution in [-0.4, -0.2) is 41.1 Å². The van der Waals surface area contributed by atoms with Crippen molar-refractivity contribution >= 4 is 22.5 Å². The van der Waals surface area contributed by atoms with E-state index in [0.717, 1.165) is 60.9 Å². The van der Waals surface area contributed by atoms with Gasteiger partial charge in [0.1, 0.15) is 11.6 Å². The van der Waals surface area contributed by atoms with Gasteiger partial charge in [-0.2, -0.15) is 0 Å². The number of likely N-dealkylation sites (tertiary alicyclic amines) is 1. The van der Waals surface area contributed by atoms with Crippen LogP contribution in [0.25, 0.3) is 10.9 Å². The molecule has 4 rings (SSSR count). The van der Waals surface area contributed by atoms with Gasteiger partial charge in [-0.1, -0.05) is 57.7 Å². The van der Waals surface area contributed by atoms with E-state index in [2.05, 4.69) is 9.88 Å². The lowest BCUT2D eigenvalue weighted by Crippen LogP contribution is -2.37. The summed E-state index contributed by atoms with van der Waals surface area (Å²) in [4.78, 5) is 28.7. The zero-order chi connectivity index (χ0) is 25.6. The molecule has 1 saturated heterocycles. The Balaban J connectivity index is 0.000000565. The van der Waals surface area contributed by atoms with Crippen LogP contribution >= 0.6 is 0 Å². The Morgan fingerprint density at radius 1 is 1.06 bits per heavy atom. The number of H-pyrrole nitrogens is 1. The van der Waals surface area contributed by atoms with E-state index in [1.165, 1.54) is 12.1 Å². The van der Waals surface area contributed by atoms with Crippen molar-refractivity contribution in [1.82, 2.24) is 9.88 Å². The third-order valence-electron chi connectivity index (χ3n) is 6.08. The molecule has 4 nitrogen and oxygen atoms in total. The summed E-state index contributed by atoms with van der Waals surface area (Å²) in [5, 5.41) is 1.09. The van der Waals surface area contributed by atoms with E-state index in [-0.39, 0.29) is 30.7 Å². The first-order valence-corrected chi connectivity index (χ1v) is 12.7. The maximum Gasteiger partial charge on any atom is 0.168 e. The van der Waals surface area contributed by atoms with Gasteiger partial charge in [-0.3, -0.25) is 9.59 Å². The van der Waals surface area contributed by atoms with Crippen molar-refractivity contribution in [3.8, 4) is 0 Å². The van der Waals surface area contributed by atoms with Crippen molar-refractivity contribution in [2.75, 3.05) is 19.6 Å². The molecule has 1 fully saturated rings. The summed E-state index contributed by atoms with van der Waals surface area (Å²) in [7, 11) is 0. The van der Waals surface area contributed by atoms with Crippen LogP contribution in [0.1, 0.15) is 70.3 Å². The molecule has 1 aromatic heterocycles.